The molecule has 0 aliphatic heterocycles. The molecular weight excluding hydrogens is 340 g/mol. The van der Waals surface area contributed by atoms with Crippen molar-refractivity contribution in [1.29, 1.82) is 0 Å². The van der Waals surface area contributed by atoms with Gasteiger partial charge in [0.25, 0.3) is 11.8 Å². The van der Waals surface area contributed by atoms with E-state index in [4.69, 9.17) is 10.3 Å². The minimum atomic E-state index is -0.909. The summed E-state index contributed by atoms with van der Waals surface area (Å²) in [7, 11) is 0. The molecule has 0 spiro atoms. The highest BCUT2D eigenvalue weighted by Gasteiger charge is 2.36. The van der Waals surface area contributed by atoms with Crippen LogP contribution in [0.25, 0.3) is 0 Å². The average Bonchev–Trinajstić information content (AvgIpc) is 2.62. The van der Waals surface area contributed by atoms with Crippen LogP contribution < -0.4 is 10.8 Å². The highest BCUT2D eigenvalue weighted by atomic mass is 32.2. The molecule has 1 rings (SSSR count). The smallest absolute Gasteiger partial charge is 0.267 e. The molecule has 1 atom stereocenters. The van der Waals surface area contributed by atoms with Crippen LogP contribution in [0.2, 0.25) is 0 Å². The summed E-state index contributed by atoms with van der Waals surface area (Å²) >= 11 is 1.40. The van der Waals surface area contributed by atoms with E-state index in [1.54, 1.807) is 43.6 Å². The first kappa shape index (κ1) is 20.6. The zero-order valence-electron chi connectivity index (χ0n) is 14.2. The quantitative estimate of drug-likeness (QED) is 0.353. The number of aliphatic hydroxyl groups excluding tert-OH is 1. The van der Waals surface area contributed by atoms with Gasteiger partial charge >= 0.3 is 0 Å². The van der Waals surface area contributed by atoms with E-state index in [0.29, 0.717) is 11.1 Å². The van der Waals surface area contributed by atoms with Gasteiger partial charge in [0, 0.05) is 15.9 Å². The van der Waals surface area contributed by atoms with E-state index >= 15 is 0 Å². The van der Waals surface area contributed by atoms with E-state index in [-0.39, 0.29) is 6.61 Å². The van der Waals surface area contributed by atoms with Gasteiger partial charge in [0.05, 0.1) is 0 Å². The van der Waals surface area contributed by atoms with Crippen molar-refractivity contribution in [2.45, 2.75) is 24.6 Å². The Morgan fingerprint density at radius 3 is 2.40 bits per heavy atom. The van der Waals surface area contributed by atoms with Crippen LogP contribution >= 0.6 is 11.8 Å². The van der Waals surface area contributed by atoms with E-state index in [1.807, 2.05) is 6.26 Å². The Balaban J connectivity index is 2.91. The molecule has 0 aromatic heterocycles. The molecule has 0 bridgehead atoms. The molecule has 25 heavy (non-hydrogen) atoms. The van der Waals surface area contributed by atoms with Gasteiger partial charge in [-0.15, -0.1) is 0 Å². The van der Waals surface area contributed by atoms with Crippen LogP contribution in [0.1, 0.15) is 29.8 Å². The SMILES string of the molecule is CSC(C)(C)[C@H](NC(=O)c1ccc(C#CC#CCO)cc1)C(=O)NO. The largest absolute Gasteiger partial charge is 0.384 e. The maximum absolute atomic E-state index is 12.4. The van der Waals surface area contributed by atoms with Crippen molar-refractivity contribution in [3.8, 4) is 23.7 Å². The number of amides is 2. The summed E-state index contributed by atoms with van der Waals surface area (Å²) in [4.78, 5) is 24.3. The van der Waals surface area contributed by atoms with Crippen LogP contribution in [0, 0.1) is 23.7 Å². The Kier molecular flexibility index (Phi) is 8.03. The number of hydrogen-bond donors (Lipinski definition) is 4. The summed E-state index contributed by atoms with van der Waals surface area (Å²) in [5.74, 6) is 9.13. The highest BCUT2D eigenvalue weighted by molar-refractivity contribution is 8.00. The van der Waals surface area contributed by atoms with E-state index in [0.717, 1.165) is 0 Å². The van der Waals surface area contributed by atoms with Crippen LogP contribution in [0.15, 0.2) is 24.3 Å². The van der Waals surface area contributed by atoms with Crippen molar-refractivity contribution in [2.24, 2.45) is 0 Å². The Morgan fingerprint density at radius 1 is 1.24 bits per heavy atom. The van der Waals surface area contributed by atoms with Crippen LogP contribution in [0.3, 0.4) is 0 Å². The van der Waals surface area contributed by atoms with Gasteiger partial charge in [-0.1, -0.05) is 11.8 Å². The lowest BCUT2D eigenvalue weighted by Crippen LogP contribution is -2.55. The fraction of sp³-hybridized carbons (Fsp3) is 0.333. The molecule has 0 unspecified atom stereocenters. The molecule has 0 saturated carbocycles. The fourth-order valence-electron chi connectivity index (χ4n) is 1.84. The van der Waals surface area contributed by atoms with Crippen molar-refractivity contribution in [3.05, 3.63) is 35.4 Å². The Bertz CT molecular complexity index is 736. The lowest BCUT2D eigenvalue weighted by Gasteiger charge is -2.31. The molecule has 0 heterocycles. The van der Waals surface area contributed by atoms with Crippen LogP contribution in [0.4, 0.5) is 0 Å². The minimum Gasteiger partial charge on any atom is -0.384 e. The third-order valence-corrected chi connectivity index (χ3v) is 4.74. The number of carbonyl (C=O) groups is 2. The normalized spacial score (nSPS) is 11.2. The second-order valence-corrected chi connectivity index (χ2v) is 6.94. The number of nitrogens with one attached hydrogen (secondary N) is 2. The van der Waals surface area contributed by atoms with Gasteiger partial charge in [-0.25, -0.2) is 5.48 Å². The monoisotopic (exact) mass is 360 g/mol. The van der Waals surface area contributed by atoms with Crippen LogP contribution in [0.5, 0.6) is 0 Å². The molecule has 132 valence electrons. The molecule has 0 radical (unpaired) electrons. The summed E-state index contributed by atoms with van der Waals surface area (Å²) in [6.45, 7) is 3.34. The maximum atomic E-state index is 12.4. The Morgan fingerprint density at radius 2 is 1.88 bits per heavy atom. The van der Waals surface area contributed by atoms with Crippen molar-refractivity contribution in [3.63, 3.8) is 0 Å². The molecule has 2 amide bonds. The van der Waals surface area contributed by atoms with Crippen LogP contribution in [-0.4, -0.2) is 45.8 Å². The number of hydroxylamine groups is 1. The number of carbonyl (C=O) groups excluding carboxylic acids is 2. The first-order valence-electron chi connectivity index (χ1n) is 7.35. The van der Waals surface area contributed by atoms with Crippen LogP contribution in [-0.2, 0) is 4.79 Å². The van der Waals surface area contributed by atoms with Gasteiger partial charge < -0.3 is 10.4 Å². The lowest BCUT2D eigenvalue weighted by molar-refractivity contribution is -0.131. The molecule has 0 saturated heterocycles. The number of hydrogen-bond acceptors (Lipinski definition) is 5. The molecule has 0 aliphatic rings. The van der Waals surface area contributed by atoms with E-state index in [9.17, 15) is 9.59 Å². The van der Waals surface area contributed by atoms with Gasteiger partial charge in [-0.2, -0.15) is 11.8 Å². The number of thioether (sulfide) groups is 1. The third-order valence-electron chi connectivity index (χ3n) is 3.45. The zero-order chi connectivity index (χ0) is 18.9. The van der Waals surface area contributed by atoms with Gasteiger partial charge in [-0.3, -0.25) is 14.8 Å². The van der Waals surface area contributed by atoms with Gasteiger partial charge in [0.1, 0.15) is 12.6 Å². The van der Waals surface area contributed by atoms with E-state index in [2.05, 4.69) is 29.0 Å². The number of benzene rings is 1. The lowest BCUT2D eigenvalue weighted by atomic mass is 10.0. The van der Waals surface area contributed by atoms with E-state index < -0.39 is 22.6 Å². The van der Waals surface area contributed by atoms with Crippen molar-refractivity contribution < 1.29 is 19.9 Å². The molecule has 0 fully saturated rings. The standard InChI is InChI=1S/C18H20N2O4S/c1-18(2,25-3)15(17(23)20-24)19-16(22)14-10-8-13(9-11-14)7-5-4-6-12-21/h8-11,15,21,24H,12H2,1-3H3,(H,19,22)(H,20,23)/t15-/m1/s1. The second-order valence-electron chi connectivity index (χ2n) is 5.48. The summed E-state index contributed by atoms with van der Waals surface area (Å²) in [5, 5.41) is 20.1. The summed E-state index contributed by atoms with van der Waals surface area (Å²) < 4.78 is -0.612. The Hall–Kier alpha value is -2.45. The van der Waals surface area contributed by atoms with Crippen molar-refractivity contribution >= 4 is 23.6 Å². The van der Waals surface area contributed by atoms with Crippen molar-refractivity contribution in [1.82, 2.24) is 10.8 Å². The topological polar surface area (TPSA) is 98.7 Å². The molecule has 1 aromatic carbocycles. The van der Waals surface area contributed by atoms with Gasteiger partial charge in [0.15, 0.2) is 0 Å². The summed E-state index contributed by atoms with van der Waals surface area (Å²) in [6, 6.07) is 5.57. The Labute approximate surface area is 151 Å². The first-order chi connectivity index (χ1) is 11.9. The highest BCUT2D eigenvalue weighted by Crippen LogP contribution is 2.26. The van der Waals surface area contributed by atoms with Crippen molar-refractivity contribution in [2.75, 3.05) is 12.9 Å². The molecule has 6 nitrogen and oxygen atoms in total. The molecule has 7 heteroatoms. The zero-order valence-corrected chi connectivity index (χ0v) is 15.0. The molecular formula is C18H20N2O4S. The maximum Gasteiger partial charge on any atom is 0.267 e. The number of rotatable bonds is 5. The fourth-order valence-corrected chi connectivity index (χ4v) is 2.25. The second kappa shape index (κ2) is 9.75. The predicted molar refractivity (Wildman–Crippen MR) is 97.0 cm³/mol. The number of aliphatic hydroxyl groups is 1. The molecule has 1 aromatic rings. The predicted octanol–water partition coefficient (Wildman–Crippen LogP) is 0.779. The molecule has 4 N–H and O–H groups in total. The average molecular weight is 360 g/mol. The summed E-state index contributed by atoms with van der Waals surface area (Å²) in [5.41, 5.74) is 2.61. The van der Waals surface area contributed by atoms with Gasteiger partial charge in [-0.05, 0) is 56.2 Å². The van der Waals surface area contributed by atoms with Gasteiger partial charge in [0.2, 0.25) is 0 Å². The minimum absolute atomic E-state index is 0.247. The summed E-state index contributed by atoms with van der Waals surface area (Å²) in [6.07, 6.45) is 1.82. The third kappa shape index (κ3) is 6.17. The molecule has 0 aliphatic carbocycles. The van der Waals surface area contributed by atoms with E-state index in [1.165, 1.54) is 11.8 Å². The first-order valence-corrected chi connectivity index (χ1v) is 8.58.